The Morgan fingerprint density at radius 3 is 2.62 bits per heavy atom. The summed E-state index contributed by atoms with van der Waals surface area (Å²) in [6.07, 6.45) is 0. The molecule has 1 N–H and O–H groups in total. The van der Waals surface area contributed by atoms with Gasteiger partial charge in [0.25, 0.3) is 0 Å². The first-order valence-electron chi connectivity index (χ1n) is 4.22. The van der Waals surface area contributed by atoms with Crippen molar-refractivity contribution in [2.24, 2.45) is 0 Å². The van der Waals surface area contributed by atoms with Crippen LogP contribution < -0.4 is 3.53 Å². The van der Waals surface area contributed by atoms with Crippen LogP contribution in [0.3, 0.4) is 0 Å². The molecule has 66 valence electrons. The average molecular weight is 283 g/mol. The fraction of sp³-hybridized carbons (Fsp3) is 0.0909. The molecule has 2 heteroatoms. The van der Waals surface area contributed by atoms with Crippen molar-refractivity contribution in [1.29, 1.82) is 0 Å². The van der Waals surface area contributed by atoms with E-state index >= 15 is 0 Å². The summed E-state index contributed by atoms with van der Waals surface area (Å²) in [6.45, 7) is 0.919. The lowest BCUT2D eigenvalue weighted by molar-refractivity contribution is 1.03. The smallest absolute Gasteiger partial charge is 0.0307 e. The predicted molar refractivity (Wildman–Crippen MR) is 64.8 cm³/mol. The molecule has 2 rings (SSSR count). The normalized spacial score (nSPS) is 10.5. The van der Waals surface area contributed by atoms with Crippen molar-refractivity contribution in [3.05, 3.63) is 48.0 Å². The summed E-state index contributed by atoms with van der Waals surface area (Å²) in [5.74, 6) is 0. The molecule has 0 saturated carbocycles. The van der Waals surface area contributed by atoms with E-state index in [0.717, 1.165) is 6.54 Å². The molecule has 0 aliphatic rings. The van der Waals surface area contributed by atoms with Gasteiger partial charge in [-0.2, -0.15) is 0 Å². The molecule has 0 aliphatic heterocycles. The Labute approximate surface area is 91.6 Å². The molecule has 0 saturated heterocycles. The minimum Gasteiger partial charge on any atom is -0.257 e. The predicted octanol–water partition coefficient (Wildman–Crippen LogP) is 3.28. The zero-order valence-electron chi connectivity index (χ0n) is 7.13. The molecular weight excluding hydrogens is 273 g/mol. The number of hydrogen-bond acceptors (Lipinski definition) is 1. The zero-order chi connectivity index (χ0) is 9.10. The number of nitrogens with one attached hydrogen (secondary N) is 1. The molecule has 0 atom stereocenters. The van der Waals surface area contributed by atoms with Crippen molar-refractivity contribution in [2.45, 2.75) is 6.54 Å². The first-order valence-corrected chi connectivity index (χ1v) is 5.30. The Hall–Kier alpha value is -0.610. The van der Waals surface area contributed by atoms with Crippen molar-refractivity contribution < 1.29 is 0 Å². The Kier molecular flexibility index (Phi) is 2.80. The maximum absolute atomic E-state index is 3.15. The van der Waals surface area contributed by atoms with Crippen molar-refractivity contribution in [2.75, 3.05) is 0 Å². The quantitative estimate of drug-likeness (QED) is 0.659. The molecule has 1 nitrogen and oxygen atoms in total. The van der Waals surface area contributed by atoms with E-state index in [9.17, 15) is 0 Å². The number of rotatable bonds is 2. The van der Waals surface area contributed by atoms with Gasteiger partial charge in [0.05, 0.1) is 0 Å². The summed E-state index contributed by atoms with van der Waals surface area (Å²) in [5.41, 5.74) is 1.35. The summed E-state index contributed by atoms with van der Waals surface area (Å²) in [5, 5.41) is 2.65. The topological polar surface area (TPSA) is 12.0 Å². The van der Waals surface area contributed by atoms with Gasteiger partial charge >= 0.3 is 0 Å². The van der Waals surface area contributed by atoms with Crippen LogP contribution in [0, 0.1) is 0 Å². The van der Waals surface area contributed by atoms with Crippen LogP contribution in [0.15, 0.2) is 42.5 Å². The highest BCUT2D eigenvalue weighted by molar-refractivity contribution is 14.1. The van der Waals surface area contributed by atoms with Crippen molar-refractivity contribution >= 4 is 33.6 Å². The summed E-state index contributed by atoms with van der Waals surface area (Å²) in [6, 6.07) is 14.9. The summed E-state index contributed by atoms with van der Waals surface area (Å²) in [4.78, 5) is 0. The minimum absolute atomic E-state index is 0.919. The number of halogens is 1. The van der Waals surface area contributed by atoms with Gasteiger partial charge in [-0.1, -0.05) is 42.5 Å². The van der Waals surface area contributed by atoms with Gasteiger partial charge in [0, 0.05) is 29.4 Å². The fourth-order valence-corrected chi connectivity index (χ4v) is 1.93. The first-order chi connectivity index (χ1) is 6.42. The van der Waals surface area contributed by atoms with Crippen molar-refractivity contribution in [1.82, 2.24) is 3.53 Å². The van der Waals surface area contributed by atoms with E-state index in [2.05, 4.69) is 68.9 Å². The SMILES string of the molecule is INCc1cccc2ccccc12. The van der Waals surface area contributed by atoms with Crippen LogP contribution in [0.5, 0.6) is 0 Å². The monoisotopic (exact) mass is 283 g/mol. The summed E-state index contributed by atoms with van der Waals surface area (Å²) < 4.78 is 3.15. The largest absolute Gasteiger partial charge is 0.257 e. The second-order valence-electron chi connectivity index (χ2n) is 2.95. The van der Waals surface area contributed by atoms with E-state index in [-0.39, 0.29) is 0 Å². The third-order valence-corrected chi connectivity index (χ3v) is 2.52. The molecular formula is C11H10IN. The van der Waals surface area contributed by atoms with E-state index in [0.29, 0.717) is 0 Å². The maximum atomic E-state index is 3.15. The molecule has 0 bridgehead atoms. The van der Waals surface area contributed by atoms with E-state index in [1.54, 1.807) is 0 Å². The molecule has 0 aliphatic carbocycles. The van der Waals surface area contributed by atoms with Crippen LogP contribution in [0.4, 0.5) is 0 Å². The van der Waals surface area contributed by atoms with Crippen LogP contribution >= 0.6 is 22.9 Å². The highest BCUT2D eigenvalue weighted by Crippen LogP contribution is 2.18. The van der Waals surface area contributed by atoms with Gasteiger partial charge in [-0.3, -0.25) is 3.53 Å². The van der Waals surface area contributed by atoms with Crippen LogP contribution in [-0.4, -0.2) is 0 Å². The number of hydrogen-bond donors (Lipinski definition) is 1. The van der Waals surface area contributed by atoms with Gasteiger partial charge in [0.1, 0.15) is 0 Å². The van der Waals surface area contributed by atoms with Gasteiger partial charge < -0.3 is 0 Å². The molecule has 2 aromatic rings. The Morgan fingerprint density at radius 2 is 1.77 bits per heavy atom. The zero-order valence-corrected chi connectivity index (χ0v) is 9.28. The number of fused-ring (bicyclic) bond motifs is 1. The van der Waals surface area contributed by atoms with Gasteiger partial charge in [0.2, 0.25) is 0 Å². The van der Waals surface area contributed by atoms with Crippen molar-refractivity contribution in [3.8, 4) is 0 Å². The lowest BCUT2D eigenvalue weighted by atomic mass is 10.1. The fourth-order valence-electron chi connectivity index (χ4n) is 1.52. The highest BCUT2D eigenvalue weighted by Gasteiger charge is 1.97. The standard InChI is InChI=1S/C11H10IN/c12-13-8-10-6-3-5-9-4-1-2-7-11(9)10/h1-7,13H,8H2. The van der Waals surface area contributed by atoms with Gasteiger partial charge in [-0.05, 0) is 16.3 Å². The molecule has 0 heterocycles. The Bertz CT molecular complexity index is 406. The minimum atomic E-state index is 0.919. The molecule has 0 aromatic heterocycles. The van der Waals surface area contributed by atoms with Crippen LogP contribution in [0.1, 0.15) is 5.56 Å². The lowest BCUT2D eigenvalue weighted by Gasteiger charge is -2.04. The van der Waals surface area contributed by atoms with Crippen molar-refractivity contribution in [3.63, 3.8) is 0 Å². The Balaban J connectivity index is 2.61. The second-order valence-corrected chi connectivity index (χ2v) is 3.71. The maximum Gasteiger partial charge on any atom is 0.0307 e. The molecule has 0 radical (unpaired) electrons. The van der Waals surface area contributed by atoms with Gasteiger partial charge in [0.15, 0.2) is 0 Å². The van der Waals surface area contributed by atoms with E-state index < -0.39 is 0 Å². The van der Waals surface area contributed by atoms with Gasteiger partial charge in [-0.15, -0.1) is 0 Å². The Morgan fingerprint density at radius 1 is 1.00 bits per heavy atom. The van der Waals surface area contributed by atoms with E-state index in [1.807, 2.05) is 0 Å². The number of benzene rings is 2. The molecule has 2 aromatic carbocycles. The summed E-state index contributed by atoms with van der Waals surface area (Å²) >= 11 is 2.17. The highest BCUT2D eigenvalue weighted by atomic mass is 127. The molecule has 13 heavy (non-hydrogen) atoms. The third kappa shape index (κ3) is 1.84. The van der Waals surface area contributed by atoms with E-state index in [1.165, 1.54) is 16.3 Å². The molecule has 0 amide bonds. The average Bonchev–Trinajstić information content (AvgIpc) is 2.19. The lowest BCUT2D eigenvalue weighted by Crippen LogP contribution is -1.97. The van der Waals surface area contributed by atoms with Crippen LogP contribution in [-0.2, 0) is 6.54 Å². The van der Waals surface area contributed by atoms with E-state index in [4.69, 9.17) is 0 Å². The first kappa shape index (κ1) is 8.97. The summed E-state index contributed by atoms with van der Waals surface area (Å²) in [7, 11) is 0. The van der Waals surface area contributed by atoms with Gasteiger partial charge in [-0.25, -0.2) is 0 Å². The molecule has 0 spiro atoms. The molecule has 0 unspecified atom stereocenters. The third-order valence-electron chi connectivity index (χ3n) is 2.14. The molecule has 0 fully saturated rings. The van der Waals surface area contributed by atoms with Crippen LogP contribution in [0.2, 0.25) is 0 Å². The van der Waals surface area contributed by atoms with Crippen LogP contribution in [0.25, 0.3) is 10.8 Å². The second kappa shape index (κ2) is 4.07.